The van der Waals surface area contributed by atoms with Gasteiger partial charge in [0.15, 0.2) is 0 Å². The van der Waals surface area contributed by atoms with Crippen LogP contribution in [0.5, 0.6) is 0 Å². The Morgan fingerprint density at radius 1 is 1.03 bits per heavy atom. The maximum Gasteiger partial charge on any atom is 0.228 e. The number of rotatable bonds is 4. The second-order valence-electron chi connectivity index (χ2n) is 9.72. The van der Waals surface area contributed by atoms with E-state index in [1.54, 1.807) is 0 Å². The number of carbonyl (C=O) groups is 2. The van der Waals surface area contributed by atoms with E-state index in [0.29, 0.717) is 6.42 Å². The zero-order valence-electron chi connectivity index (χ0n) is 18.7. The topological polar surface area (TPSA) is 61.4 Å². The lowest BCUT2D eigenvalue weighted by Gasteiger charge is -2.40. The Bertz CT molecular complexity index is 971. The zero-order chi connectivity index (χ0) is 22.0. The Hall–Kier alpha value is -2.66. The third kappa shape index (κ3) is 4.31. The van der Waals surface area contributed by atoms with E-state index in [1.807, 2.05) is 29.2 Å². The van der Waals surface area contributed by atoms with Crippen molar-refractivity contribution in [1.29, 1.82) is 0 Å². The predicted molar refractivity (Wildman–Crippen MR) is 127 cm³/mol. The number of nitrogens with one attached hydrogen (secondary N) is 2. The molecule has 2 heterocycles. The van der Waals surface area contributed by atoms with Gasteiger partial charge in [-0.2, -0.15) is 0 Å². The lowest BCUT2D eigenvalue weighted by atomic mass is 9.74. The molecule has 1 atom stereocenters. The maximum absolute atomic E-state index is 12.9. The van der Waals surface area contributed by atoms with Crippen LogP contribution in [0.25, 0.3) is 0 Å². The molecule has 5 heteroatoms. The van der Waals surface area contributed by atoms with Crippen LogP contribution in [0.2, 0.25) is 0 Å². The Labute approximate surface area is 190 Å². The highest BCUT2D eigenvalue weighted by molar-refractivity contribution is 5.92. The van der Waals surface area contributed by atoms with Gasteiger partial charge < -0.3 is 15.5 Å². The lowest BCUT2D eigenvalue weighted by molar-refractivity contribution is -0.132. The van der Waals surface area contributed by atoms with Gasteiger partial charge in [0.25, 0.3) is 0 Å². The molecule has 2 amide bonds. The molecule has 0 saturated carbocycles. The molecule has 2 fully saturated rings. The number of carbonyl (C=O) groups excluding carboxylic acids is 2. The van der Waals surface area contributed by atoms with Crippen molar-refractivity contribution < 1.29 is 9.59 Å². The van der Waals surface area contributed by atoms with E-state index >= 15 is 0 Å². The van der Waals surface area contributed by atoms with Crippen LogP contribution in [0, 0.1) is 5.92 Å². The van der Waals surface area contributed by atoms with Crippen molar-refractivity contribution >= 4 is 17.5 Å². The van der Waals surface area contributed by atoms with Crippen LogP contribution in [-0.4, -0.2) is 42.9 Å². The van der Waals surface area contributed by atoms with Crippen molar-refractivity contribution in [2.75, 3.05) is 31.5 Å². The van der Waals surface area contributed by atoms with Crippen molar-refractivity contribution in [1.82, 2.24) is 10.2 Å². The van der Waals surface area contributed by atoms with Crippen molar-refractivity contribution in [2.45, 2.75) is 50.4 Å². The molecule has 1 aliphatic carbocycles. The van der Waals surface area contributed by atoms with Crippen molar-refractivity contribution in [3.05, 3.63) is 65.2 Å². The van der Waals surface area contributed by atoms with Gasteiger partial charge in [0.1, 0.15) is 0 Å². The summed E-state index contributed by atoms with van der Waals surface area (Å²) in [5.41, 5.74) is 5.10. The Morgan fingerprint density at radius 2 is 1.81 bits per heavy atom. The zero-order valence-corrected chi connectivity index (χ0v) is 18.7. The standard InChI is InChI=1S/C27H33N3O2/c31-25(30-16-13-27(14-17-30)12-11-21-4-1-2-6-24(21)27)18-20-7-9-23(10-8-20)29-26(32)22-5-3-15-28-19-22/h1-2,4,6-10,22,28H,3,5,11-19H2,(H,29,32). The van der Waals surface area contributed by atoms with Crippen molar-refractivity contribution in [3.63, 3.8) is 0 Å². The number of nitrogens with zero attached hydrogens (tertiary/aromatic N) is 1. The average molecular weight is 432 g/mol. The van der Waals surface area contributed by atoms with Crippen molar-refractivity contribution in [2.24, 2.45) is 5.92 Å². The summed E-state index contributed by atoms with van der Waals surface area (Å²) in [4.78, 5) is 27.4. The van der Waals surface area contributed by atoms with Crippen LogP contribution in [0.4, 0.5) is 5.69 Å². The minimum absolute atomic E-state index is 0.0410. The van der Waals surface area contributed by atoms with Gasteiger partial charge in [-0.15, -0.1) is 0 Å². The first-order valence-electron chi connectivity index (χ1n) is 12.1. The Morgan fingerprint density at radius 3 is 2.56 bits per heavy atom. The van der Waals surface area contributed by atoms with E-state index in [1.165, 1.54) is 24.0 Å². The third-order valence-corrected chi connectivity index (χ3v) is 7.78. The van der Waals surface area contributed by atoms with Crippen LogP contribution in [0.1, 0.15) is 48.8 Å². The van der Waals surface area contributed by atoms with E-state index in [4.69, 9.17) is 0 Å². The lowest BCUT2D eigenvalue weighted by Crippen LogP contribution is -2.44. The molecule has 2 aromatic carbocycles. The summed E-state index contributed by atoms with van der Waals surface area (Å²) in [7, 11) is 0. The summed E-state index contributed by atoms with van der Waals surface area (Å²) in [5, 5.41) is 6.30. The minimum Gasteiger partial charge on any atom is -0.342 e. The van der Waals surface area contributed by atoms with E-state index in [-0.39, 0.29) is 23.1 Å². The van der Waals surface area contributed by atoms with Crippen LogP contribution in [0.15, 0.2) is 48.5 Å². The maximum atomic E-state index is 12.9. The summed E-state index contributed by atoms with van der Waals surface area (Å²) in [6.45, 7) is 3.44. The molecule has 32 heavy (non-hydrogen) atoms. The van der Waals surface area contributed by atoms with Crippen LogP contribution < -0.4 is 10.6 Å². The quantitative estimate of drug-likeness (QED) is 0.777. The first-order chi connectivity index (χ1) is 15.6. The largest absolute Gasteiger partial charge is 0.342 e. The average Bonchev–Trinajstić information content (AvgIpc) is 3.19. The number of hydrogen-bond donors (Lipinski definition) is 2. The molecule has 2 aromatic rings. The van der Waals surface area contributed by atoms with E-state index < -0.39 is 0 Å². The van der Waals surface area contributed by atoms with Crippen molar-refractivity contribution in [3.8, 4) is 0 Å². The van der Waals surface area contributed by atoms with Gasteiger partial charge in [-0.05, 0) is 79.3 Å². The molecular weight excluding hydrogens is 398 g/mol. The number of aryl methyl sites for hydroxylation is 1. The highest BCUT2D eigenvalue weighted by Crippen LogP contribution is 2.46. The molecule has 2 aliphatic heterocycles. The molecule has 5 nitrogen and oxygen atoms in total. The van der Waals surface area contributed by atoms with E-state index in [9.17, 15) is 9.59 Å². The molecule has 168 valence electrons. The molecule has 2 N–H and O–H groups in total. The van der Waals surface area contributed by atoms with Crippen LogP contribution in [-0.2, 0) is 27.8 Å². The smallest absolute Gasteiger partial charge is 0.228 e. The second-order valence-corrected chi connectivity index (χ2v) is 9.72. The van der Waals surface area contributed by atoms with Crippen LogP contribution >= 0.6 is 0 Å². The number of anilines is 1. The second kappa shape index (κ2) is 9.07. The van der Waals surface area contributed by atoms with E-state index in [2.05, 4.69) is 34.9 Å². The molecular formula is C27H33N3O2. The molecule has 2 saturated heterocycles. The van der Waals surface area contributed by atoms with Gasteiger partial charge in [0.05, 0.1) is 12.3 Å². The molecule has 1 unspecified atom stereocenters. The minimum atomic E-state index is 0.0410. The normalized spacial score (nSPS) is 21.9. The summed E-state index contributed by atoms with van der Waals surface area (Å²) < 4.78 is 0. The number of piperidine rings is 2. The number of hydrogen-bond acceptors (Lipinski definition) is 3. The molecule has 5 rings (SSSR count). The fourth-order valence-corrected chi connectivity index (χ4v) is 5.78. The fourth-order valence-electron chi connectivity index (χ4n) is 5.78. The highest BCUT2D eigenvalue weighted by Gasteiger charge is 2.41. The van der Waals surface area contributed by atoms with Gasteiger partial charge >= 0.3 is 0 Å². The molecule has 3 aliphatic rings. The Balaban J connectivity index is 1.14. The summed E-state index contributed by atoms with van der Waals surface area (Å²) in [5.74, 6) is 0.326. The van der Waals surface area contributed by atoms with Gasteiger partial charge in [-0.25, -0.2) is 0 Å². The van der Waals surface area contributed by atoms with Gasteiger partial charge in [0.2, 0.25) is 11.8 Å². The summed E-state index contributed by atoms with van der Waals surface area (Å²) in [6, 6.07) is 16.6. The molecule has 0 aromatic heterocycles. The monoisotopic (exact) mass is 431 g/mol. The molecule has 0 radical (unpaired) electrons. The fraction of sp³-hybridized carbons (Fsp3) is 0.481. The summed E-state index contributed by atoms with van der Waals surface area (Å²) >= 11 is 0. The SMILES string of the molecule is O=C(Nc1ccc(CC(=O)N2CCC3(CCc4ccccc43)CC2)cc1)C1CCCNC1. The van der Waals surface area contributed by atoms with Gasteiger partial charge in [0, 0.05) is 25.3 Å². The predicted octanol–water partition coefficient (Wildman–Crippen LogP) is 3.67. The molecule has 0 bridgehead atoms. The highest BCUT2D eigenvalue weighted by atomic mass is 16.2. The first-order valence-corrected chi connectivity index (χ1v) is 12.1. The number of fused-ring (bicyclic) bond motifs is 2. The number of amides is 2. The first kappa shape index (κ1) is 21.2. The Kier molecular flexibility index (Phi) is 6.01. The number of likely N-dealkylation sites (tertiary alicyclic amines) is 1. The van der Waals surface area contributed by atoms with Gasteiger partial charge in [-0.1, -0.05) is 36.4 Å². The van der Waals surface area contributed by atoms with Gasteiger partial charge in [-0.3, -0.25) is 9.59 Å². The van der Waals surface area contributed by atoms with Crippen LogP contribution in [0.3, 0.4) is 0 Å². The summed E-state index contributed by atoms with van der Waals surface area (Å²) in [6.07, 6.45) is 6.93. The number of benzene rings is 2. The molecule has 1 spiro atoms. The van der Waals surface area contributed by atoms with E-state index in [0.717, 1.165) is 63.1 Å². The third-order valence-electron chi connectivity index (χ3n) is 7.78.